The fraction of sp³-hybridized carbons (Fsp3) is 0.613. The van der Waals surface area contributed by atoms with Gasteiger partial charge in [0.05, 0.1) is 24.2 Å². The highest BCUT2D eigenvalue weighted by Gasteiger charge is 2.76. The maximum atomic E-state index is 14.7. The highest BCUT2D eigenvalue weighted by Crippen LogP contribution is 2.64. The fourth-order valence-electron chi connectivity index (χ4n) is 7.92. The van der Waals surface area contributed by atoms with Crippen LogP contribution in [0.15, 0.2) is 41.5 Å². The minimum absolute atomic E-state index is 0.0802. The van der Waals surface area contributed by atoms with Crippen LogP contribution in [0.1, 0.15) is 71.2 Å². The van der Waals surface area contributed by atoms with Gasteiger partial charge in [-0.25, -0.2) is 4.79 Å². The number of ketones is 1. The lowest BCUT2D eigenvalue weighted by Crippen LogP contribution is -2.79. The molecule has 1 unspecified atom stereocenters. The summed E-state index contributed by atoms with van der Waals surface area (Å²) in [6, 6.07) is 8.25. The molecule has 1 saturated heterocycles. The monoisotopic (exact) mass is 570 g/mol. The van der Waals surface area contributed by atoms with Gasteiger partial charge in [0.1, 0.15) is 17.8 Å². The lowest BCUT2D eigenvalue weighted by molar-refractivity contribution is -0.332. The highest BCUT2D eigenvalue weighted by atomic mass is 16.6. The van der Waals surface area contributed by atoms with Crippen LogP contribution in [-0.4, -0.2) is 76.1 Å². The normalized spacial score (nSPS) is 39.2. The molecular formula is C31H38O10. The minimum Gasteiger partial charge on any atom is -0.455 e. The molecule has 5 rings (SSSR count). The van der Waals surface area contributed by atoms with E-state index in [0.29, 0.717) is 12.0 Å². The van der Waals surface area contributed by atoms with Crippen molar-refractivity contribution in [1.82, 2.24) is 0 Å². The molecule has 41 heavy (non-hydrogen) atoms. The Morgan fingerprint density at radius 2 is 1.68 bits per heavy atom. The lowest BCUT2D eigenvalue weighted by Gasteiger charge is -2.66. The number of ether oxygens (including phenoxy) is 4. The molecule has 8 atom stereocenters. The SMILES string of the molecule is CC(=O)O[C@H]1C(=O)[C@]2(C)CC[C@H]3OC[C@@]3(OC(C)=O)C2[C@H](OC(=O)c2ccccc2)[C@]2(O)C[C@H](O)C(C)=C1C2(C)C. The van der Waals surface area contributed by atoms with Crippen LogP contribution in [0.25, 0.3) is 0 Å². The maximum Gasteiger partial charge on any atom is 0.338 e. The molecule has 2 bridgehead atoms. The highest BCUT2D eigenvalue weighted by molar-refractivity contribution is 5.95. The van der Waals surface area contributed by atoms with Crippen LogP contribution >= 0.6 is 0 Å². The predicted molar refractivity (Wildman–Crippen MR) is 143 cm³/mol. The zero-order valence-electron chi connectivity index (χ0n) is 24.3. The van der Waals surface area contributed by atoms with Gasteiger partial charge in [-0.1, -0.05) is 39.0 Å². The smallest absolute Gasteiger partial charge is 0.338 e. The summed E-state index contributed by atoms with van der Waals surface area (Å²) in [5, 5.41) is 24.1. The zero-order valence-corrected chi connectivity index (χ0v) is 24.3. The van der Waals surface area contributed by atoms with E-state index in [1.54, 1.807) is 58.0 Å². The molecule has 0 amide bonds. The van der Waals surface area contributed by atoms with Gasteiger partial charge in [0.2, 0.25) is 0 Å². The Bertz CT molecular complexity index is 1320. The molecule has 3 fully saturated rings. The van der Waals surface area contributed by atoms with Crippen LogP contribution in [-0.2, 0) is 33.3 Å². The number of carbonyl (C=O) groups excluding carboxylic acids is 4. The average molecular weight is 571 g/mol. The standard InChI is InChI=1S/C31H38O10/c1-16-20(34)14-31(37)26(40-27(36)19-10-8-7-9-11-19)24-29(6,13-12-21-30(24,15-38-21)41-18(3)33)25(35)23(39-17(2)32)22(16)28(31,4)5/h7-11,20-21,23-24,26,34,37H,12-15H2,1-6H3/t20-,21+,23+,24?,26-,29+,30-,31+/m0/s1. The van der Waals surface area contributed by atoms with Crippen molar-refractivity contribution in [2.24, 2.45) is 16.7 Å². The molecule has 222 valence electrons. The van der Waals surface area contributed by atoms with Crippen molar-refractivity contribution in [3.05, 3.63) is 47.0 Å². The first-order valence-corrected chi connectivity index (χ1v) is 14.0. The van der Waals surface area contributed by atoms with E-state index in [1.165, 1.54) is 13.8 Å². The molecule has 1 aromatic carbocycles. The second-order valence-electron chi connectivity index (χ2n) is 12.7. The Morgan fingerprint density at radius 3 is 2.24 bits per heavy atom. The van der Waals surface area contributed by atoms with Crippen LogP contribution in [0, 0.1) is 16.7 Å². The number of esters is 3. The molecule has 0 aromatic heterocycles. The number of carbonyl (C=O) groups is 4. The topological polar surface area (TPSA) is 146 Å². The van der Waals surface area contributed by atoms with Crippen LogP contribution in [0.5, 0.6) is 0 Å². The summed E-state index contributed by atoms with van der Waals surface area (Å²) in [4.78, 5) is 53.3. The van der Waals surface area contributed by atoms with Gasteiger partial charge >= 0.3 is 17.9 Å². The van der Waals surface area contributed by atoms with Gasteiger partial charge in [-0.05, 0) is 43.0 Å². The molecule has 0 radical (unpaired) electrons. The third-order valence-electron chi connectivity index (χ3n) is 10.1. The van der Waals surface area contributed by atoms with E-state index in [4.69, 9.17) is 18.9 Å². The van der Waals surface area contributed by atoms with Crippen molar-refractivity contribution in [3.63, 3.8) is 0 Å². The van der Waals surface area contributed by atoms with Gasteiger partial charge in [-0.3, -0.25) is 14.4 Å². The van der Waals surface area contributed by atoms with Crippen LogP contribution in [0.2, 0.25) is 0 Å². The van der Waals surface area contributed by atoms with Gasteiger partial charge in [0.25, 0.3) is 0 Å². The Kier molecular flexibility index (Phi) is 6.99. The summed E-state index contributed by atoms with van der Waals surface area (Å²) in [6.07, 6.45) is -4.36. The molecule has 1 aliphatic heterocycles. The Balaban J connectivity index is 1.81. The van der Waals surface area contributed by atoms with E-state index in [2.05, 4.69) is 0 Å². The molecular weight excluding hydrogens is 532 g/mol. The minimum atomic E-state index is -1.98. The van der Waals surface area contributed by atoms with Crippen LogP contribution < -0.4 is 0 Å². The molecule has 10 nitrogen and oxygen atoms in total. The third kappa shape index (κ3) is 4.17. The Hall–Kier alpha value is -3.08. The molecule has 0 spiro atoms. The maximum absolute atomic E-state index is 14.7. The van der Waals surface area contributed by atoms with Crippen molar-refractivity contribution >= 4 is 23.7 Å². The van der Waals surface area contributed by atoms with E-state index in [-0.39, 0.29) is 30.6 Å². The number of hydrogen-bond donors (Lipinski definition) is 2. The first-order chi connectivity index (χ1) is 19.1. The second-order valence-corrected chi connectivity index (χ2v) is 12.7. The van der Waals surface area contributed by atoms with Crippen LogP contribution in [0.4, 0.5) is 0 Å². The van der Waals surface area contributed by atoms with Gasteiger partial charge in [0.15, 0.2) is 17.5 Å². The summed E-state index contributed by atoms with van der Waals surface area (Å²) >= 11 is 0. The van der Waals surface area contributed by atoms with E-state index in [1.807, 2.05) is 0 Å². The Labute approximate surface area is 239 Å². The van der Waals surface area contributed by atoms with Crippen molar-refractivity contribution in [2.45, 2.75) is 96.4 Å². The summed E-state index contributed by atoms with van der Waals surface area (Å²) in [6.45, 7) is 9.07. The first-order valence-electron chi connectivity index (χ1n) is 14.0. The summed E-state index contributed by atoms with van der Waals surface area (Å²) in [5.74, 6) is -3.64. The summed E-state index contributed by atoms with van der Waals surface area (Å²) in [5.41, 5.74) is -5.23. The van der Waals surface area contributed by atoms with Gasteiger partial charge in [0, 0.05) is 31.1 Å². The van der Waals surface area contributed by atoms with E-state index < -0.39 is 76.1 Å². The molecule has 1 heterocycles. The number of Topliss-reactive ketones (excluding diaryl/α,β-unsaturated/α-hetero) is 1. The Morgan fingerprint density at radius 1 is 1.02 bits per heavy atom. The van der Waals surface area contributed by atoms with Crippen LogP contribution in [0.3, 0.4) is 0 Å². The largest absolute Gasteiger partial charge is 0.455 e. The number of hydrogen-bond acceptors (Lipinski definition) is 10. The lowest BCUT2D eigenvalue weighted by atomic mass is 9.45. The average Bonchev–Trinajstić information content (AvgIpc) is 2.88. The van der Waals surface area contributed by atoms with Crippen molar-refractivity contribution in [1.29, 1.82) is 0 Å². The molecule has 2 saturated carbocycles. The van der Waals surface area contributed by atoms with Crippen molar-refractivity contribution in [3.8, 4) is 0 Å². The van der Waals surface area contributed by atoms with E-state index in [9.17, 15) is 29.4 Å². The molecule has 3 aliphatic carbocycles. The second kappa shape index (κ2) is 9.74. The van der Waals surface area contributed by atoms with Crippen molar-refractivity contribution < 1.29 is 48.3 Å². The van der Waals surface area contributed by atoms with Gasteiger partial charge in [-0.2, -0.15) is 0 Å². The predicted octanol–water partition coefficient (Wildman–Crippen LogP) is 2.68. The fourth-order valence-corrected chi connectivity index (χ4v) is 7.92. The number of fused-ring (bicyclic) bond motifs is 5. The zero-order chi connectivity index (χ0) is 30.1. The third-order valence-corrected chi connectivity index (χ3v) is 10.1. The number of benzene rings is 1. The summed E-state index contributed by atoms with van der Waals surface area (Å²) in [7, 11) is 0. The van der Waals surface area contributed by atoms with E-state index in [0.717, 1.165) is 0 Å². The van der Waals surface area contributed by atoms with E-state index >= 15 is 0 Å². The first kappa shape index (κ1) is 29.4. The quantitative estimate of drug-likeness (QED) is 0.315. The molecule has 4 aliphatic rings. The summed E-state index contributed by atoms with van der Waals surface area (Å²) < 4.78 is 23.8. The molecule has 10 heteroatoms. The van der Waals surface area contributed by atoms with Gasteiger partial charge in [-0.15, -0.1) is 0 Å². The number of rotatable bonds is 4. The number of aliphatic hydroxyl groups is 2. The molecule has 2 N–H and O–H groups in total. The number of aliphatic hydroxyl groups excluding tert-OH is 1. The van der Waals surface area contributed by atoms with Crippen molar-refractivity contribution in [2.75, 3.05) is 6.61 Å². The molecule has 1 aromatic rings. The van der Waals surface area contributed by atoms with Gasteiger partial charge < -0.3 is 29.2 Å².